The SMILES string of the molecule is Cc1ccc(NC(CN)c2ccccn2)cc1Cl. The van der Waals surface area contributed by atoms with Crippen molar-refractivity contribution in [3.8, 4) is 0 Å². The number of aryl methyl sites for hydroxylation is 1. The van der Waals surface area contributed by atoms with Gasteiger partial charge in [-0.15, -0.1) is 0 Å². The van der Waals surface area contributed by atoms with E-state index < -0.39 is 0 Å². The Kier molecular flexibility index (Phi) is 4.18. The molecule has 0 saturated heterocycles. The van der Waals surface area contributed by atoms with Gasteiger partial charge < -0.3 is 11.1 Å². The molecule has 1 atom stereocenters. The fraction of sp³-hybridized carbons (Fsp3) is 0.214. The summed E-state index contributed by atoms with van der Waals surface area (Å²) in [6.07, 6.45) is 1.77. The summed E-state index contributed by atoms with van der Waals surface area (Å²) in [6, 6.07) is 11.7. The average molecular weight is 262 g/mol. The quantitative estimate of drug-likeness (QED) is 0.889. The van der Waals surface area contributed by atoms with Gasteiger partial charge in [0, 0.05) is 23.5 Å². The predicted molar refractivity (Wildman–Crippen MR) is 75.8 cm³/mol. The van der Waals surface area contributed by atoms with Gasteiger partial charge in [-0.3, -0.25) is 4.98 Å². The summed E-state index contributed by atoms with van der Waals surface area (Å²) in [6.45, 7) is 2.45. The summed E-state index contributed by atoms with van der Waals surface area (Å²) in [5, 5.41) is 4.09. The third kappa shape index (κ3) is 3.00. The second-order valence-corrected chi connectivity index (χ2v) is 4.56. The molecule has 0 amide bonds. The molecule has 3 nitrogen and oxygen atoms in total. The monoisotopic (exact) mass is 261 g/mol. The number of hydrogen-bond donors (Lipinski definition) is 2. The summed E-state index contributed by atoms with van der Waals surface area (Å²) < 4.78 is 0. The van der Waals surface area contributed by atoms with Crippen LogP contribution in [0.3, 0.4) is 0 Å². The van der Waals surface area contributed by atoms with E-state index in [-0.39, 0.29) is 6.04 Å². The van der Waals surface area contributed by atoms with Crippen molar-refractivity contribution in [2.24, 2.45) is 5.73 Å². The zero-order valence-corrected chi connectivity index (χ0v) is 11.0. The highest BCUT2D eigenvalue weighted by molar-refractivity contribution is 6.31. The second-order valence-electron chi connectivity index (χ2n) is 4.15. The predicted octanol–water partition coefficient (Wildman–Crippen LogP) is 3.16. The standard InChI is InChI=1S/C14H16ClN3/c1-10-5-6-11(8-12(10)15)18-14(9-16)13-4-2-3-7-17-13/h2-8,14,18H,9,16H2,1H3. The van der Waals surface area contributed by atoms with Gasteiger partial charge in [-0.25, -0.2) is 0 Å². The van der Waals surface area contributed by atoms with E-state index in [1.54, 1.807) is 6.20 Å². The Hall–Kier alpha value is -1.58. The minimum atomic E-state index is -0.00928. The summed E-state index contributed by atoms with van der Waals surface area (Å²) in [7, 11) is 0. The van der Waals surface area contributed by atoms with Crippen LogP contribution in [0.1, 0.15) is 17.3 Å². The number of hydrogen-bond acceptors (Lipinski definition) is 3. The van der Waals surface area contributed by atoms with E-state index >= 15 is 0 Å². The van der Waals surface area contributed by atoms with Gasteiger partial charge in [0.25, 0.3) is 0 Å². The van der Waals surface area contributed by atoms with Crippen molar-refractivity contribution in [2.45, 2.75) is 13.0 Å². The maximum Gasteiger partial charge on any atom is 0.0807 e. The number of pyridine rings is 1. The van der Waals surface area contributed by atoms with Gasteiger partial charge in [0.15, 0.2) is 0 Å². The van der Waals surface area contributed by atoms with Crippen LogP contribution in [0.4, 0.5) is 5.69 Å². The van der Waals surface area contributed by atoms with Crippen LogP contribution in [0.2, 0.25) is 5.02 Å². The van der Waals surface area contributed by atoms with E-state index in [9.17, 15) is 0 Å². The van der Waals surface area contributed by atoms with E-state index in [4.69, 9.17) is 17.3 Å². The molecule has 94 valence electrons. The van der Waals surface area contributed by atoms with Crippen molar-refractivity contribution in [3.63, 3.8) is 0 Å². The lowest BCUT2D eigenvalue weighted by Gasteiger charge is -2.18. The molecule has 3 N–H and O–H groups in total. The zero-order chi connectivity index (χ0) is 13.0. The van der Waals surface area contributed by atoms with Gasteiger partial charge in [0.05, 0.1) is 11.7 Å². The fourth-order valence-electron chi connectivity index (χ4n) is 1.72. The van der Waals surface area contributed by atoms with Gasteiger partial charge in [-0.1, -0.05) is 23.7 Å². The van der Waals surface area contributed by atoms with Crippen LogP contribution in [-0.4, -0.2) is 11.5 Å². The lowest BCUT2D eigenvalue weighted by atomic mass is 10.1. The van der Waals surface area contributed by atoms with Crippen molar-refractivity contribution in [1.29, 1.82) is 0 Å². The molecule has 2 aromatic rings. The summed E-state index contributed by atoms with van der Waals surface area (Å²) in [5.41, 5.74) is 8.72. The van der Waals surface area contributed by atoms with Crippen molar-refractivity contribution < 1.29 is 0 Å². The van der Waals surface area contributed by atoms with E-state index in [0.717, 1.165) is 22.0 Å². The third-order valence-corrected chi connectivity index (χ3v) is 3.20. The van der Waals surface area contributed by atoms with Crippen molar-refractivity contribution in [3.05, 3.63) is 58.9 Å². The second kappa shape index (κ2) is 5.85. The Labute approximate surface area is 112 Å². The number of benzene rings is 1. The normalized spacial score (nSPS) is 12.2. The molecule has 1 heterocycles. The highest BCUT2D eigenvalue weighted by Gasteiger charge is 2.10. The molecule has 0 saturated carbocycles. The number of nitrogens with one attached hydrogen (secondary N) is 1. The minimum absolute atomic E-state index is 0.00928. The van der Waals surface area contributed by atoms with E-state index in [0.29, 0.717) is 6.54 Å². The van der Waals surface area contributed by atoms with Gasteiger partial charge >= 0.3 is 0 Å². The Morgan fingerprint density at radius 2 is 2.17 bits per heavy atom. The molecule has 0 aliphatic carbocycles. The first kappa shape index (κ1) is 12.9. The number of aromatic nitrogens is 1. The van der Waals surface area contributed by atoms with Gasteiger partial charge in [0.1, 0.15) is 0 Å². The number of halogens is 1. The molecule has 4 heteroatoms. The first-order chi connectivity index (χ1) is 8.70. The number of rotatable bonds is 4. The smallest absolute Gasteiger partial charge is 0.0807 e. The Balaban J connectivity index is 2.18. The van der Waals surface area contributed by atoms with Crippen LogP contribution in [0.25, 0.3) is 0 Å². The third-order valence-electron chi connectivity index (χ3n) is 2.79. The average Bonchev–Trinajstić information content (AvgIpc) is 2.41. The Bertz CT molecular complexity index is 514. The summed E-state index contributed by atoms with van der Waals surface area (Å²) >= 11 is 6.10. The molecule has 0 spiro atoms. The summed E-state index contributed by atoms with van der Waals surface area (Å²) in [5.74, 6) is 0. The van der Waals surface area contributed by atoms with Crippen LogP contribution in [-0.2, 0) is 0 Å². The molecule has 0 aliphatic heterocycles. The Morgan fingerprint density at radius 1 is 1.33 bits per heavy atom. The summed E-state index contributed by atoms with van der Waals surface area (Å²) in [4.78, 5) is 4.31. The van der Waals surface area contributed by atoms with Crippen LogP contribution >= 0.6 is 11.6 Å². The molecular weight excluding hydrogens is 246 g/mol. The maximum atomic E-state index is 6.10. The van der Waals surface area contributed by atoms with Gasteiger partial charge in [-0.2, -0.15) is 0 Å². The van der Waals surface area contributed by atoms with Crippen molar-refractivity contribution >= 4 is 17.3 Å². The first-order valence-electron chi connectivity index (χ1n) is 5.84. The lowest BCUT2D eigenvalue weighted by molar-refractivity contribution is 0.760. The van der Waals surface area contributed by atoms with Crippen molar-refractivity contribution in [2.75, 3.05) is 11.9 Å². The van der Waals surface area contributed by atoms with E-state index in [2.05, 4.69) is 10.3 Å². The minimum Gasteiger partial charge on any atom is -0.375 e. The lowest BCUT2D eigenvalue weighted by Crippen LogP contribution is -2.21. The molecule has 1 unspecified atom stereocenters. The molecule has 0 fully saturated rings. The fourth-order valence-corrected chi connectivity index (χ4v) is 1.90. The largest absolute Gasteiger partial charge is 0.375 e. The molecular formula is C14H16ClN3. The first-order valence-corrected chi connectivity index (χ1v) is 6.22. The Morgan fingerprint density at radius 3 is 2.78 bits per heavy atom. The molecule has 2 rings (SSSR count). The van der Waals surface area contributed by atoms with Gasteiger partial charge in [-0.05, 0) is 36.8 Å². The van der Waals surface area contributed by atoms with Crippen LogP contribution < -0.4 is 11.1 Å². The number of anilines is 1. The zero-order valence-electron chi connectivity index (χ0n) is 10.2. The van der Waals surface area contributed by atoms with Crippen LogP contribution in [0.5, 0.6) is 0 Å². The van der Waals surface area contributed by atoms with E-state index in [1.807, 2.05) is 43.3 Å². The van der Waals surface area contributed by atoms with Crippen LogP contribution in [0, 0.1) is 6.92 Å². The molecule has 1 aromatic carbocycles. The molecule has 0 bridgehead atoms. The van der Waals surface area contributed by atoms with Crippen LogP contribution in [0.15, 0.2) is 42.6 Å². The molecule has 18 heavy (non-hydrogen) atoms. The molecule has 1 aromatic heterocycles. The number of nitrogens with zero attached hydrogens (tertiary/aromatic N) is 1. The molecule has 0 radical (unpaired) electrons. The molecule has 0 aliphatic rings. The number of nitrogens with two attached hydrogens (primary N) is 1. The highest BCUT2D eigenvalue weighted by atomic mass is 35.5. The van der Waals surface area contributed by atoms with E-state index in [1.165, 1.54) is 0 Å². The van der Waals surface area contributed by atoms with Crippen molar-refractivity contribution in [1.82, 2.24) is 4.98 Å². The van der Waals surface area contributed by atoms with Gasteiger partial charge in [0.2, 0.25) is 0 Å². The highest BCUT2D eigenvalue weighted by Crippen LogP contribution is 2.23. The maximum absolute atomic E-state index is 6.10. The topological polar surface area (TPSA) is 50.9 Å².